The molecule has 0 aliphatic rings. The summed E-state index contributed by atoms with van der Waals surface area (Å²) in [6.07, 6.45) is 13.8. The summed E-state index contributed by atoms with van der Waals surface area (Å²) in [5.74, 6) is -1.71. The highest BCUT2D eigenvalue weighted by Crippen LogP contribution is 2.26. The van der Waals surface area contributed by atoms with Gasteiger partial charge in [-0.3, -0.25) is 24.9 Å². The number of aryl methyl sites for hydroxylation is 1. The van der Waals surface area contributed by atoms with Crippen LogP contribution >= 0.6 is 0 Å². The highest BCUT2D eigenvalue weighted by molar-refractivity contribution is 5.94. The molecular formula is C47H80F2N2O5. The second kappa shape index (κ2) is 45.6. The molecule has 2 unspecified atom stereocenters. The van der Waals surface area contributed by atoms with Crippen LogP contribution in [-0.2, 0) is 21.9 Å². The average Bonchev–Trinajstić information content (AvgIpc) is 3.19. The van der Waals surface area contributed by atoms with Crippen LogP contribution in [0.25, 0.3) is 0 Å². The van der Waals surface area contributed by atoms with Gasteiger partial charge in [-0.25, -0.2) is 8.78 Å². The number of benzene rings is 3. The fourth-order valence-corrected chi connectivity index (χ4v) is 4.10. The van der Waals surface area contributed by atoms with Gasteiger partial charge in [0, 0.05) is 24.1 Å². The molecule has 0 aromatic heterocycles. The minimum absolute atomic E-state index is 0.0351. The highest BCUT2D eigenvalue weighted by atomic mass is 19.3. The molecule has 0 spiro atoms. The molecule has 3 aromatic carbocycles. The van der Waals surface area contributed by atoms with Gasteiger partial charge in [-0.05, 0) is 45.6 Å². The van der Waals surface area contributed by atoms with Gasteiger partial charge < -0.3 is 11.1 Å². The standard InChI is InChI=1S/C11H15F2N.C9H10O.C8H18.C7H16.C6H6.C4H7NO2.C2H6.H2O2/c1-8(14)7-9-3-5-10(6-4-9)11(2,12)13;1-7-3-5-9(6-4-7)8(2)10;1-4-6-7-8(3)5-2;1-3-5-7-6-4-2;1-2-4-6-5-3-1;1-4(7)2-5-3-6;2*1-2/h3-6,8H,7,14H2,1-2H3;3-6H,1-2H3;8H,4-7H2,1-3H3;3-7H2,1-2H3;1-6H;3H,2H2,1H3,(H,5,6);1-2H3;1-2H. The maximum Gasteiger partial charge on any atom is 0.270 e. The Labute approximate surface area is 340 Å². The Hall–Kier alpha value is -3.79. The van der Waals surface area contributed by atoms with Crippen LogP contribution in [0.4, 0.5) is 8.78 Å². The van der Waals surface area contributed by atoms with Crippen molar-refractivity contribution in [3.8, 4) is 0 Å². The van der Waals surface area contributed by atoms with Gasteiger partial charge in [-0.1, -0.05) is 197 Å². The van der Waals surface area contributed by atoms with Crippen LogP contribution in [0.3, 0.4) is 0 Å². The van der Waals surface area contributed by atoms with Gasteiger partial charge in [-0.15, -0.1) is 0 Å². The smallest absolute Gasteiger partial charge is 0.270 e. The molecule has 0 aliphatic carbocycles. The first kappa shape index (κ1) is 61.4. The van der Waals surface area contributed by atoms with Crippen molar-refractivity contribution in [3.63, 3.8) is 0 Å². The largest absolute Gasteiger partial charge is 0.352 e. The summed E-state index contributed by atoms with van der Waals surface area (Å²) in [5, 5.41) is 14.2. The zero-order chi connectivity index (χ0) is 44.2. The van der Waals surface area contributed by atoms with Crippen LogP contribution in [-0.4, -0.2) is 41.1 Å². The average molecular weight is 791 g/mol. The predicted molar refractivity (Wildman–Crippen MR) is 236 cm³/mol. The molecule has 0 heterocycles. The number of carbonyl (C=O) groups excluding carboxylic acids is 3. The quantitative estimate of drug-likeness (QED) is 0.0399. The summed E-state index contributed by atoms with van der Waals surface area (Å²) in [6, 6.07) is 26.0. The molecule has 0 bridgehead atoms. The number of amides is 1. The fraction of sp³-hybridized carbons (Fsp3) is 0.553. The second-order valence-electron chi connectivity index (χ2n) is 13.3. The van der Waals surface area contributed by atoms with E-state index in [4.69, 9.17) is 16.2 Å². The minimum atomic E-state index is -2.76. The van der Waals surface area contributed by atoms with Crippen LogP contribution in [0.1, 0.15) is 161 Å². The van der Waals surface area contributed by atoms with Gasteiger partial charge in [0.1, 0.15) is 5.78 Å². The first-order valence-electron chi connectivity index (χ1n) is 20.3. The summed E-state index contributed by atoms with van der Waals surface area (Å²) in [6.45, 7) is 23.3. The van der Waals surface area contributed by atoms with Crippen molar-refractivity contribution in [2.24, 2.45) is 11.7 Å². The van der Waals surface area contributed by atoms with Crippen molar-refractivity contribution < 1.29 is 33.7 Å². The molecule has 5 N–H and O–H groups in total. The number of Topliss-reactive ketones (excluding diaryl/α,β-unsaturated/α-hetero) is 2. The number of carbonyl (C=O) groups is 3. The Morgan fingerprint density at radius 2 is 1.20 bits per heavy atom. The Morgan fingerprint density at radius 1 is 0.768 bits per heavy atom. The van der Waals surface area contributed by atoms with Crippen LogP contribution in [0.5, 0.6) is 0 Å². The molecule has 7 nitrogen and oxygen atoms in total. The second-order valence-corrected chi connectivity index (χ2v) is 13.3. The van der Waals surface area contributed by atoms with E-state index in [1.54, 1.807) is 19.1 Å². The third-order valence-electron chi connectivity index (χ3n) is 7.53. The van der Waals surface area contributed by atoms with E-state index in [-0.39, 0.29) is 29.7 Å². The molecule has 9 heteroatoms. The molecule has 0 saturated heterocycles. The first-order chi connectivity index (χ1) is 26.6. The van der Waals surface area contributed by atoms with Gasteiger partial charge in [0.05, 0.1) is 6.54 Å². The number of rotatable bonds is 15. The lowest BCUT2D eigenvalue weighted by Gasteiger charge is -2.11. The third kappa shape index (κ3) is 48.2. The molecule has 322 valence electrons. The van der Waals surface area contributed by atoms with Crippen molar-refractivity contribution in [1.82, 2.24) is 5.32 Å². The fourth-order valence-electron chi connectivity index (χ4n) is 4.10. The van der Waals surface area contributed by atoms with Crippen molar-refractivity contribution >= 4 is 18.0 Å². The number of hydrogen-bond donors (Lipinski definition) is 4. The minimum Gasteiger partial charge on any atom is -0.352 e. The lowest BCUT2D eigenvalue weighted by Crippen LogP contribution is -2.18. The van der Waals surface area contributed by atoms with Gasteiger partial charge in [0.25, 0.3) is 5.92 Å². The van der Waals surface area contributed by atoms with Gasteiger partial charge in [0.2, 0.25) is 6.41 Å². The van der Waals surface area contributed by atoms with E-state index in [2.05, 4.69) is 39.9 Å². The van der Waals surface area contributed by atoms with E-state index in [0.717, 1.165) is 30.4 Å². The van der Waals surface area contributed by atoms with Gasteiger partial charge in [-0.2, -0.15) is 0 Å². The van der Waals surface area contributed by atoms with E-state index >= 15 is 0 Å². The molecule has 1 amide bonds. The van der Waals surface area contributed by atoms with Crippen LogP contribution in [0, 0.1) is 12.8 Å². The Bertz CT molecular complexity index is 1200. The molecule has 0 aliphatic heterocycles. The molecular weight excluding hydrogens is 711 g/mol. The number of alkyl halides is 2. The molecule has 0 fully saturated rings. The van der Waals surface area contributed by atoms with Crippen molar-refractivity contribution in [2.45, 2.75) is 159 Å². The Morgan fingerprint density at radius 3 is 1.48 bits per heavy atom. The number of nitrogens with one attached hydrogen (secondary N) is 1. The van der Waals surface area contributed by atoms with Crippen molar-refractivity contribution in [1.29, 1.82) is 0 Å². The van der Waals surface area contributed by atoms with E-state index in [1.807, 2.05) is 88.4 Å². The maximum absolute atomic E-state index is 12.8. The summed E-state index contributed by atoms with van der Waals surface area (Å²) < 4.78 is 25.6. The topological polar surface area (TPSA) is 130 Å². The van der Waals surface area contributed by atoms with Crippen LogP contribution in [0.2, 0.25) is 0 Å². The van der Waals surface area contributed by atoms with Crippen molar-refractivity contribution in [3.05, 3.63) is 107 Å². The molecule has 56 heavy (non-hydrogen) atoms. The highest BCUT2D eigenvalue weighted by Gasteiger charge is 2.23. The normalized spacial score (nSPS) is 10.4. The zero-order valence-corrected chi connectivity index (χ0v) is 37.0. The molecule has 3 rings (SSSR count). The van der Waals surface area contributed by atoms with Crippen molar-refractivity contribution in [2.75, 3.05) is 6.54 Å². The predicted octanol–water partition coefficient (Wildman–Crippen LogP) is 13.1. The lowest BCUT2D eigenvalue weighted by molar-refractivity contribution is -0.176. The summed E-state index contributed by atoms with van der Waals surface area (Å²) in [5.41, 5.74) is 8.61. The van der Waals surface area contributed by atoms with E-state index < -0.39 is 5.92 Å². The molecule has 2 atom stereocenters. The van der Waals surface area contributed by atoms with Gasteiger partial charge in [0.15, 0.2) is 5.78 Å². The van der Waals surface area contributed by atoms with E-state index in [0.29, 0.717) is 6.41 Å². The lowest BCUT2D eigenvalue weighted by atomic mass is 10.0. The molecule has 3 aromatic rings. The van der Waals surface area contributed by atoms with Gasteiger partial charge >= 0.3 is 0 Å². The summed E-state index contributed by atoms with van der Waals surface area (Å²) in [7, 11) is 0. The number of ketones is 2. The summed E-state index contributed by atoms with van der Waals surface area (Å²) in [4.78, 5) is 30.2. The Balaban J connectivity index is -0.000000187. The van der Waals surface area contributed by atoms with Crippen LogP contribution < -0.4 is 11.1 Å². The Kier molecular flexibility index (Phi) is 50.0. The number of halogens is 2. The number of hydrogen-bond acceptors (Lipinski definition) is 6. The molecule has 0 saturated carbocycles. The maximum atomic E-state index is 12.8. The SMILES string of the molecule is CC.CC(=O)CNC=O.CC(=O)c1ccc(C)cc1.CC(N)Cc1ccc(C(C)(F)F)cc1.CCCCC(C)CC.CCCCCCC.OO.c1ccccc1. The monoisotopic (exact) mass is 791 g/mol. The third-order valence-corrected chi connectivity index (χ3v) is 7.53. The van der Waals surface area contributed by atoms with E-state index in [9.17, 15) is 23.2 Å². The number of nitrogens with two attached hydrogens (primary N) is 1. The number of unbranched alkanes of at least 4 members (excludes halogenated alkanes) is 5. The molecule has 0 radical (unpaired) electrons. The summed E-state index contributed by atoms with van der Waals surface area (Å²) >= 11 is 0. The van der Waals surface area contributed by atoms with Crippen LogP contribution in [0.15, 0.2) is 84.9 Å². The first-order valence-corrected chi connectivity index (χ1v) is 20.3. The zero-order valence-electron chi connectivity index (χ0n) is 37.0. The van der Waals surface area contributed by atoms with E-state index in [1.165, 1.54) is 82.4 Å².